The lowest BCUT2D eigenvalue weighted by Gasteiger charge is -2.21. The van der Waals surface area contributed by atoms with Gasteiger partial charge in [-0.15, -0.1) is 17.8 Å². The van der Waals surface area contributed by atoms with Crippen molar-refractivity contribution in [2.24, 2.45) is 0 Å². The first-order valence-electron chi connectivity index (χ1n) is 17.1. The number of nitrogens with zero attached hydrogens (tertiary/aromatic N) is 1. The Morgan fingerprint density at radius 1 is 1.16 bits per heavy atom. The average molecular weight is 733 g/mol. The van der Waals surface area contributed by atoms with Crippen LogP contribution < -0.4 is 15.0 Å². The Hall–Kier alpha value is -4.78. The van der Waals surface area contributed by atoms with E-state index in [-0.39, 0.29) is 23.5 Å². The van der Waals surface area contributed by atoms with Crippen LogP contribution in [-0.4, -0.2) is 36.4 Å². The number of methoxy groups -OCH3 is 1. The van der Waals surface area contributed by atoms with Crippen molar-refractivity contribution in [3.63, 3.8) is 0 Å². The number of phenols is 1. The number of anilines is 2. The van der Waals surface area contributed by atoms with E-state index >= 15 is 0 Å². The molecule has 3 aromatic rings. The largest absolute Gasteiger partial charge is 0.508 e. The molecule has 1 aliphatic heterocycles. The standard InChI is InChI=1S/C24H24ClNO4S.C15H19NO2.C2H6/c1-5-16-11-12-17(27)13-20(16)26(6-2)22-14-21(23(31-22)24(28)29-4)30-15(3)18-9-7-8-10-19(18)25;1-3-4-9-13-12(2)14(17)10-7-5-6-8-11-16-15(13)18;1-2/h6-15,27H,2,5H2,1,3-4H3;1,4,9H,5-8,10-11H2,2H3,(H,16,18);1-2H3/b;9-4-,13-12-;. The van der Waals surface area contributed by atoms with Crippen molar-refractivity contribution >= 4 is 51.3 Å². The molecule has 8 nitrogen and oxygen atoms in total. The van der Waals surface area contributed by atoms with Crippen molar-refractivity contribution in [3.8, 4) is 23.8 Å². The predicted octanol–water partition coefficient (Wildman–Crippen LogP) is 10.0. The van der Waals surface area contributed by atoms with E-state index in [4.69, 9.17) is 27.5 Å². The molecule has 2 heterocycles. The van der Waals surface area contributed by atoms with Crippen molar-refractivity contribution in [2.75, 3.05) is 18.6 Å². The number of Topliss-reactive ketones (excluding diaryl/α,β-unsaturated/α-hetero) is 1. The van der Waals surface area contributed by atoms with Crippen LogP contribution in [0.5, 0.6) is 11.5 Å². The van der Waals surface area contributed by atoms with E-state index in [2.05, 4.69) is 17.8 Å². The highest BCUT2D eigenvalue weighted by Crippen LogP contribution is 2.43. The molecule has 1 amide bonds. The van der Waals surface area contributed by atoms with E-state index in [0.717, 1.165) is 48.9 Å². The fourth-order valence-corrected chi connectivity index (χ4v) is 6.46. The van der Waals surface area contributed by atoms with Gasteiger partial charge >= 0.3 is 5.97 Å². The smallest absolute Gasteiger partial charge is 0.351 e. The van der Waals surface area contributed by atoms with Gasteiger partial charge in [-0.25, -0.2) is 4.79 Å². The van der Waals surface area contributed by atoms with Crippen molar-refractivity contribution in [2.45, 2.75) is 79.2 Å². The van der Waals surface area contributed by atoms with Crippen LogP contribution in [0.3, 0.4) is 0 Å². The Kier molecular flexibility index (Phi) is 18.4. The number of hydrogen-bond acceptors (Lipinski definition) is 8. The van der Waals surface area contributed by atoms with Gasteiger partial charge in [-0.2, -0.15) is 0 Å². The maximum absolute atomic E-state index is 12.5. The molecule has 51 heavy (non-hydrogen) atoms. The quantitative estimate of drug-likeness (QED) is 0.167. The third-order valence-corrected chi connectivity index (χ3v) is 9.30. The van der Waals surface area contributed by atoms with E-state index < -0.39 is 5.97 Å². The Bertz CT molecular complexity index is 1750. The number of nitrogens with one attached hydrogen (secondary N) is 1. The number of phenolic OH excluding ortho intramolecular Hbond substituents is 1. The van der Waals surface area contributed by atoms with Crippen LogP contribution in [0.1, 0.15) is 93.6 Å². The van der Waals surface area contributed by atoms with Crippen LogP contribution in [0.25, 0.3) is 0 Å². The van der Waals surface area contributed by atoms with Crippen molar-refractivity contribution in [1.82, 2.24) is 5.32 Å². The summed E-state index contributed by atoms with van der Waals surface area (Å²) < 4.78 is 11.1. The van der Waals surface area contributed by atoms with E-state index in [1.54, 1.807) is 43.5 Å². The third-order valence-electron chi connectivity index (χ3n) is 7.86. The van der Waals surface area contributed by atoms with E-state index in [1.807, 2.05) is 56.9 Å². The summed E-state index contributed by atoms with van der Waals surface area (Å²) in [6, 6.07) is 14.4. The minimum absolute atomic E-state index is 0.0312. The predicted molar refractivity (Wildman–Crippen MR) is 209 cm³/mol. The molecule has 0 saturated heterocycles. The second-order valence-electron chi connectivity index (χ2n) is 11.2. The maximum Gasteiger partial charge on any atom is 0.351 e. The molecule has 0 aliphatic carbocycles. The Morgan fingerprint density at radius 2 is 1.86 bits per heavy atom. The molecule has 1 unspecified atom stereocenters. The molecule has 1 aliphatic rings. The summed E-state index contributed by atoms with van der Waals surface area (Å²) in [6.07, 6.45) is 14.6. The number of amides is 1. The maximum atomic E-state index is 12.5. The molecule has 10 heteroatoms. The number of hydrogen-bond donors (Lipinski definition) is 2. The lowest BCUT2D eigenvalue weighted by atomic mass is 10.0. The zero-order valence-corrected chi connectivity index (χ0v) is 32.0. The molecular formula is C41H49ClN2O6S. The number of carbonyl (C=O) groups is 3. The van der Waals surface area contributed by atoms with Gasteiger partial charge in [0, 0.05) is 53.0 Å². The lowest BCUT2D eigenvalue weighted by molar-refractivity contribution is -0.119. The fraction of sp³-hybridized carbons (Fsp3) is 0.341. The van der Waals surface area contributed by atoms with Crippen LogP contribution in [0.4, 0.5) is 10.7 Å². The number of ether oxygens (including phenoxy) is 2. The van der Waals surface area contributed by atoms with Gasteiger partial charge in [0.05, 0.1) is 12.8 Å². The van der Waals surface area contributed by atoms with Gasteiger partial charge in [0.25, 0.3) is 5.91 Å². The van der Waals surface area contributed by atoms with Crippen molar-refractivity contribution in [3.05, 3.63) is 106 Å². The van der Waals surface area contributed by atoms with Gasteiger partial charge in [-0.3, -0.25) is 9.59 Å². The van der Waals surface area contributed by atoms with Gasteiger partial charge in [0.15, 0.2) is 10.7 Å². The summed E-state index contributed by atoms with van der Waals surface area (Å²) in [4.78, 5) is 38.5. The zero-order chi connectivity index (χ0) is 37.9. The van der Waals surface area contributed by atoms with Crippen LogP contribution >= 0.6 is 22.9 Å². The summed E-state index contributed by atoms with van der Waals surface area (Å²) in [5.74, 6) is 2.21. The molecule has 2 aromatic carbocycles. The number of terminal acetylenes is 1. The van der Waals surface area contributed by atoms with Gasteiger partial charge in [-0.1, -0.05) is 82.0 Å². The van der Waals surface area contributed by atoms with Crippen molar-refractivity contribution < 1.29 is 29.0 Å². The summed E-state index contributed by atoms with van der Waals surface area (Å²) in [6.45, 7) is 14.2. The summed E-state index contributed by atoms with van der Waals surface area (Å²) in [5, 5.41) is 14.1. The molecule has 0 bridgehead atoms. The first kappa shape index (κ1) is 42.4. The average Bonchev–Trinajstić information content (AvgIpc) is 3.54. The second-order valence-corrected chi connectivity index (χ2v) is 12.6. The molecular weight excluding hydrogens is 684 g/mol. The molecule has 272 valence electrons. The van der Waals surface area contributed by atoms with Crippen LogP contribution in [0.15, 0.2) is 84.6 Å². The Balaban J connectivity index is 0.000000384. The highest BCUT2D eigenvalue weighted by molar-refractivity contribution is 7.18. The molecule has 0 spiro atoms. The summed E-state index contributed by atoms with van der Waals surface area (Å²) in [7, 11) is 1.33. The highest BCUT2D eigenvalue weighted by Gasteiger charge is 2.24. The SMILES string of the molecule is C#C/C=C\C1=C(/C)C(=O)CCCCCCNC1=O.C=CN(c1cc(OC(C)c2ccccc2Cl)c(C(=O)OC)s1)c1cc(O)ccc1CC.CC. The molecule has 0 radical (unpaired) electrons. The normalized spacial score (nSPS) is 15.4. The fourth-order valence-electron chi connectivity index (χ4n) is 5.15. The number of halogens is 1. The van der Waals surface area contributed by atoms with E-state index in [9.17, 15) is 19.5 Å². The number of esters is 1. The number of rotatable bonds is 9. The lowest BCUT2D eigenvalue weighted by Crippen LogP contribution is -2.26. The first-order valence-corrected chi connectivity index (χ1v) is 18.3. The van der Waals surface area contributed by atoms with E-state index in [1.165, 1.54) is 24.5 Å². The number of benzene rings is 2. The molecule has 0 fully saturated rings. The topological polar surface area (TPSA) is 105 Å². The minimum atomic E-state index is -0.492. The number of ketones is 1. The first-order chi connectivity index (χ1) is 24.6. The molecule has 1 atom stereocenters. The van der Waals surface area contributed by atoms with Crippen LogP contribution in [0.2, 0.25) is 5.02 Å². The summed E-state index contributed by atoms with van der Waals surface area (Å²) in [5.41, 5.74) is 3.51. The van der Waals surface area contributed by atoms with Crippen LogP contribution in [0, 0.1) is 12.3 Å². The number of carbonyl (C=O) groups excluding carboxylic acids is 3. The number of aryl methyl sites for hydroxylation is 1. The number of thiophene rings is 1. The van der Waals surface area contributed by atoms with Gasteiger partial charge < -0.3 is 24.8 Å². The Labute approximate surface area is 311 Å². The van der Waals surface area contributed by atoms with Gasteiger partial charge in [-0.05, 0) is 63.0 Å². The molecule has 4 rings (SSSR count). The molecule has 2 N–H and O–H groups in total. The van der Waals surface area contributed by atoms with Crippen molar-refractivity contribution in [1.29, 1.82) is 0 Å². The van der Waals surface area contributed by atoms with Gasteiger partial charge in [0.1, 0.15) is 22.6 Å². The highest BCUT2D eigenvalue weighted by atomic mass is 35.5. The zero-order valence-electron chi connectivity index (χ0n) is 30.4. The number of aromatic hydroxyl groups is 1. The third kappa shape index (κ3) is 12.2. The minimum Gasteiger partial charge on any atom is -0.508 e. The van der Waals surface area contributed by atoms with Crippen LogP contribution in [-0.2, 0) is 20.7 Å². The summed E-state index contributed by atoms with van der Waals surface area (Å²) >= 11 is 7.53. The monoisotopic (exact) mass is 732 g/mol. The van der Waals surface area contributed by atoms with E-state index in [0.29, 0.717) is 44.8 Å². The second kappa shape index (κ2) is 22.1. The number of allylic oxidation sites excluding steroid dienone is 2. The molecule has 1 aromatic heterocycles. The van der Waals surface area contributed by atoms with Gasteiger partial charge in [0.2, 0.25) is 0 Å². The Morgan fingerprint density at radius 3 is 2.51 bits per heavy atom. The molecule has 0 saturated carbocycles.